The normalized spacial score (nSPS) is 12.9. The van der Waals surface area contributed by atoms with Crippen molar-refractivity contribution in [2.75, 3.05) is 98.7 Å². The van der Waals surface area contributed by atoms with Gasteiger partial charge in [0.1, 0.15) is 19.3 Å². The van der Waals surface area contributed by atoms with E-state index in [1.54, 1.807) is 41.5 Å². The highest BCUT2D eigenvalue weighted by molar-refractivity contribution is 5.88. The lowest BCUT2D eigenvalue weighted by Crippen LogP contribution is -2.55. The Hall–Kier alpha value is -6.07. The van der Waals surface area contributed by atoms with Gasteiger partial charge in [-0.15, -0.1) is 10.3 Å². The summed E-state index contributed by atoms with van der Waals surface area (Å²) < 4.78 is 21.4. The highest BCUT2D eigenvalue weighted by Crippen LogP contribution is 2.09. The molecule has 3 atom stereocenters. The predicted molar refractivity (Wildman–Crippen MR) is 303 cm³/mol. The molecule has 81 heavy (non-hydrogen) atoms. The molecule has 0 fully saturated rings. The van der Waals surface area contributed by atoms with Crippen LogP contribution in [0.4, 0.5) is 0 Å². The van der Waals surface area contributed by atoms with Crippen molar-refractivity contribution in [3.05, 3.63) is 0 Å². The fourth-order valence-corrected chi connectivity index (χ4v) is 7.25. The summed E-state index contributed by atoms with van der Waals surface area (Å²) in [5.74, 6) is -3.34. The number of nitrogens with two attached hydrogens (primary N) is 2. The zero-order valence-electron chi connectivity index (χ0n) is 48.9. The van der Waals surface area contributed by atoms with Gasteiger partial charge in [0.25, 0.3) is 0 Å². The van der Waals surface area contributed by atoms with E-state index in [9.17, 15) is 43.2 Å². The number of amides is 9. The van der Waals surface area contributed by atoms with Crippen LogP contribution < -0.4 is 59.3 Å². The lowest BCUT2D eigenvalue weighted by Gasteiger charge is -2.29. The SMILES string of the molecule is C[C@@H](CCCCNC(=O)COCCOCCNC(=O)COCCOCCNC(=O)CCCC(=O)NCCCC[C@H](NC(=O)CCCC(=O)NC(CNC(C)(C)/C=N/O)CNC(C)(C)/C=N/O)C(=O)NCCCC[C@H](C)C(N)=O)C(N)=O. The second-order valence-electron chi connectivity index (χ2n) is 20.9. The second-order valence-corrected chi connectivity index (χ2v) is 20.9. The molecule has 0 spiro atoms. The van der Waals surface area contributed by atoms with Crippen LogP contribution in [-0.4, -0.2) is 198 Å². The average Bonchev–Trinajstić information content (AvgIpc) is 3.39. The summed E-state index contributed by atoms with van der Waals surface area (Å²) in [4.78, 5) is 110. The number of hydrogen-bond acceptors (Lipinski definition) is 19. The number of nitrogens with zero attached hydrogens (tertiary/aromatic N) is 2. The van der Waals surface area contributed by atoms with Crippen LogP contribution in [0, 0.1) is 11.8 Å². The molecule has 0 aromatic rings. The van der Waals surface area contributed by atoms with E-state index in [-0.39, 0.29) is 171 Å². The lowest BCUT2D eigenvalue weighted by molar-refractivity contribution is -0.129. The Morgan fingerprint density at radius 3 is 1.27 bits per heavy atom. The molecule has 28 nitrogen and oxygen atoms in total. The van der Waals surface area contributed by atoms with E-state index in [4.69, 9.17) is 40.8 Å². The molecule has 0 unspecified atom stereocenters. The third-order valence-electron chi connectivity index (χ3n) is 12.3. The van der Waals surface area contributed by atoms with Gasteiger partial charge in [-0.25, -0.2) is 0 Å². The first kappa shape index (κ1) is 74.9. The maximum atomic E-state index is 13.3. The van der Waals surface area contributed by atoms with Crippen molar-refractivity contribution >= 4 is 65.6 Å². The molecular formula is C53H99N13O15. The minimum absolute atomic E-state index is 0.0202. The van der Waals surface area contributed by atoms with Gasteiger partial charge in [-0.2, -0.15) is 0 Å². The molecule has 28 heteroatoms. The van der Waals surface area contributed by atoms with Gasteiger partial charge in [-0.3, -0.25) is 43.2 Å². The molecule has 0 aromatic carbocycles. The van der Waals surface area contributed by atoms with Crippen LogP contribution in [0.2, 0.25) is 0 Å². The third-order valence-corrected chi connectivity index (χ3v) is 12.3. The number of oxime groups is 2. The molecule has 0 radical (unpaired) electrons. The number of nitrogens with one attached hydrogen (secondary N) is 9. The summed E-state index contributed by atoms with van der Waals surface area (Å²) >= 11 is 0. The fourth-order valence-electron chi connectivity index (χ4n) is 7.25. The van der Waals surface area contributed by atoms with Crippen molar-refractivity contribution in [3.8, 4) is 0 Å². The first-order chi connectivity index (χ1) is 38.5. The number of unbranched alkanes of at least 4 members (excludes halogenated alkanes) is 3. The van der Waals surface area contributed by atoms with Crippen molar-refractivity contribution in [2.24, 2.45) is 33.6 Å². The summed E-state index contributed by atoms with van der Waals surface area (Å²) in [6.07, 6.45) is 8.74. The molecule has 0 heterocycles. The van der Waals surface area contributed by atoms with Crippen LogP contribution in [0.3, 0.4) is 0 Å². The summed E-state index contributed by atoms with van der Waals surface area (Å²) in [5.41, 5.74) is 9.22. The van der Waals surface area contributed by atoms with E-state index >= 15 is 0 Å². The number of rotatable bonds is 52. The maximum absolute atomic E-state index is 13.3. The van der Waals surface area contributed by atoms with Gasteiger partial charge in [0.15, 0.2) is 0 Å². The molecule has 466 valence electrons. The van der Waals surface area contributed by atoms with Crippen LogP contribution in [0.1, 0.15) is 138 Å². The second kappa shape index (κ2) is 46.5. The average molecular weight is 1160 g/mol. The summed E-state index contributed by atoms with van der Waals surface area (Å²) in [6.45, 7) is 14.0. The van der Waals surface area contributed by atoms with E-state index < -0.39 is 35.0 Å². The van der Waals surface area contributed by atoms with Gasteiger partial charge < -0.3 is 88.7 Å². The van der Waals surface area contributed by atoms with E-state index in [0.717, 1.165) is 12.8 Å². The Kier molecular flexibility index (Phi) is 43.0. The van der Waals surface area contributed by atoms with Crippen LogP contribution in [0.5, 0.6) is 0 Å². The molecule has 15 N–H and O–H groups in total. The standard InChI is InChI=1S/C53H99N13O15/c1-39(49(54)73)15-7-10-23-57-47(71)35-80-31-30-79-28-26-59-48(72)36-81-32-29-78-27-25-58-44(68)19-13-18-43(67)56-22-12-9-17-42(51(75)60-24-11-8-16-40(2)50(55)74)66-46(70)21-14-20-45(69)65-41(33-61-52(3,4)37-63-76)34-62-53(5,6)38-64-77/h37-42,61-62,76-77H,7-36H2,1-6H3,(H2,54,73)(H2,55,74)(H,56,67)(H,57,71)(H,58,68)(H,59,72)(H,60,75)(H,65,69)(H,66,70)/b63-37+,64-38+/t39-,40-,42-/m0/s1. The molecule has 0 rings (SSSR count). The smallest absolute Gasteiger partial charge is 0.246 e. The fraction of sp³-hybridized carbons (Fsp3) is 0.792. The highest BCUT2D eigenvalue weighted by Gasteiger charge is 2.24. The molecular weight excluding hydrogens is 1060 g/mol. The quantitative estimate of drug-likeness (QED) is 0.0156. The Balaban J connectivity index is 4.49. The van der Waals surface area contributed by atoms with Crippen molar-refractivity contribution in [1.82, 2.24) is 47.9 Å². The lowest BCUT2D eigenvalue weighted by atomic mass is 10.0. The van der Waals surface area contributed by atoms with E-state index in [1.807, 2.05) is 0 Å². The monoisotopic (exact) mass is 1160 g/mol. The summed E-state index contributed by atoms with van der Waals surface area (Å²) in [5, 5.41) is 50.2. The van der Waals surface area contributed by atoms with Crippen molar-refractivity contribution in [1.29, 1.82) is 0 Å². The zero-order valence-corrected chi connectivity index (χ0v) is 48.9. The summed E-state index contributed by atoms with van der Waals surface area (Å²) in [6, 6.07) is -1.31. The highest BCUT2D eigenvalue weighted by atomic mass is 16.5. The van der Waals surface area contributed by atoms with Crippen LogP contribution in [-0.2, 0) is 62.1 Å². The molecule has 0 aliphatic rings. The minimum atomic E-state index is -0.873. The van der Waals surface area contributed by atoms with E-state index in [0.29, 0.717) is 64.6 Å². The molecule has 0 saturated carbocycles. The maximum Gasteiger partial charge on any atom is 0.246 e. The van der Waals surface area contributed by atoms with Crippen molar-refractivity contribution < 1.29 is 72.5 Å². The molecule has 0 aliphatic heterocycles. The molecule has 0 aliphatic carbocycles. The van der Waals surface area contributed by atoms with Crippen molar-refractivity contribution in [3.63, 3.8) is 0 Å². The molecule has 0 saturated heterocycles. The minimum Gasteiger partial charge on any atom is -0.411 e. The third kappa shape index (κ3) is 45.3. The van der Waals surface area contributed by atoms with Gasteiger partial charge in [0.05, 0.1) is 69.2 Å². The number of carbonyl (C=O) groups excluding carboxylic acids is 9. The Labute approximate surface area is 478 Å². The van der Waals surface area contributed by atoms with E-state index in [2.05, 4.69) is 58.2 Å². The van der Waals surface area contributed by atoms with Crippen LogP contribution in [0.25, 0.3) is 0 Å². The molecule has 0 aromatic heterocycles. The number of primary amides is 2. The Morgan fingerprint density at radius 1 is 0.457 bits per heavy atom. The van der Waals surface area contributed by atoms with Gasteiger partial charge in [0, 0.05) is 83.3 Å². The zero-order chi connectivity index (χ0) is 60.7. The van der Waals surface area contributed by atoms with Crippen molar-refractivity contribution in [2.45, 2.75) is 161 Å². The number of hydrogen-bond donors (Lipinski definition) is 13. The van der Waals surface area contributed by atoms with Gasteiger partial charge in [-0.05, 0) is 85.5 Å². The van der Waals surface area contributed by atoms with Crippen LogP contribution >= 0.6 is 0 Å². The van der Waals surface area contributed by atoms with Gasteiger partial charge in [-0.1, -0.05) is 26.7 Å². The predicted octanol–water partition coefficient (Wildman–Crippen LogP) is -0.646. The largest absolute Gasteiger partial charge is 0.411 e. The molecule has 9 amide bonds. The van der Waals surface area contributed by atoms with Crippen LogP contribution in [0.15, 0.2) is 10.3 Å². The first-order valence-corrected chi connectivity index (χ1v) is 28.2. The Bertz CT molecular complexity index is 1870. The van der Waals surface area contributed by atoms with E-state index in [1.165, 1.54) is 12.4 Å². The topological polar surface area (TPSA) is 416 Å². The van der Waals surface area contributed by atoms with Gasteiger partial charge in [0.2, 0.25) is 53.2 Å². The summed E-state index contributed by atoms with van der Waals surface area (Å²) in [7, 11) is 0. The Morgan fingerprint density at radius 2 is 0.827 bits per heavy atom. The molecule has 0 bridgehead atoms. The number of ether oxygens (including phenoxy) is 4. The first-order valence-electron chi connectivity index (χ1n) is 28.2. The number of carbonyl (C=O) groups is 9. The van der Waals surface area contributed by atoms with Gasteiger partial charge >= 0.3 is 0 Å².